The standard InChI is InChI=1S/C18H21O2P/c1-15(18(2,3)4)20-21(19,16-11-7-5-8-12-16)17-13-9-6-10-14-17/h5-14H,1H2,2-4H3. The van der Waals surface area contributed by atoms with E-state index in [0.717, 1.165) is 0 Å². The van der Waals surface area contributed by atoms with Crippen LogP contribution in [0.25, 0.3) is 0 Å². The van der Waals surface area contributed by atoms with E-state index in [9.17, 15) is 4.57 Å². The molecule has 0 fully saturated rings. The first-order valence-electron chi connectivity index (χ1n) is 6.94. The fraction of sp³-hybridized carbons (Fsp3) is 0.222. The molecule has 0 aliphatic heterocycles. The van der Waals surface area contributed by atoms with Gasteiger partial charge in [0.25, 0.3) is 0 Å². The Hall–Kier alpha value is -1.79. The second-order valence-corrected chi connectivity index (χ2v) is 8.31. The summed E-state index contributed by atoms with van der Waals surface area (Å²) in [4.78, 5) is 0. The fourth-order valence-electron chi connectivity index (χ4n) is 1.80. The zero-order chi connectivity index (χ0) is 15.5. The van der Waals surface area contributed by atoms with E-state index >= 15 is 0 Å². The molecule has 0 heterocycles. The van der Waals surface area contributed by atoms with Gasteiger partial charge in [0.2, 0.25) is 0 Å². The molecule has 0 saturated heterocycles. The zero-order valence-corrected chi connectivity index (χ0v) is 13.6. The minimum Gasteiger partial charge on any atom is -0.441 e. The van der Waals surface area contributed by atoms with Crippen LogP contribution in [0.3, 0.4) is 0 Å². The molecule has 0 unspecified atom stereocenters. The third-order valence-electron chi connectivity index (χ3n) is 3.27. The van der Waals surface area contributed by atoms with Crippen LogP contribution in [0.4, 0.5) is 0 Å². The summed E-state index contributed by atoms with van der Waals surface area (Å²) in [6.45, 7) is 9.95. The lowest BCUT2D eigenvalue weighted by Gasteiger charge is -2.28. The van der Waals surface area contributed by atoms with Crippen LogP contribution in [-0.2, 0) is 9.09 Å². The van der Waals surface area contributed by atoms with Crippen LogP contribution in [0.5, 0.6) is 0 Å². The number of benzene rings is 2. The molecule has 110 valence electrons. The van der Waals surface area contributed by atoms with Crippen LogP contribution in [-0.4, -0.2) is 0 Å². The average Bonchev–Trinajstić information content (AvgIpc) is 2.48. The van der Waals surface area contributed by atoms with Crippen molar-refractivity contribution in [3.63, 3.8) is 0 Å². The predicted molar refractivity (Wildman–Crippen MR) is 89.4 cm³/mol. The van der Waals surface area contributed by atoms with Gasteiger partial charge in [-0.05, 0) is 24.3 Å². The highest BCUT2D eigenvalue weighted by molar-refractivity contribution is 7.74. The van der Waals surface area contributed by atoms with Crippen molar-refractivity contribution in [2.45, 2.75) is 20.8 Å². The minimum atomic E-state index is -3.18. The molecule has 2 nitrogen and oxygen atoms in total. The number of hydrogen-bond donors (Lipinski definition) is 0. The van der Waals surface area contributed by atoms with Crippen LogP contribution >= 0.6 is 7.37 Å². The summed E-state index contributed by atoms with van der Waals surface area (Å²) in [6, 6.07) is 18.6. The summed E-state index contributed by atoms with van der Waals surface area (Å²) in [5.74, 6) is 0.526. The summed E-state index contributed by atoms with van der Waals surface area (Å²) in [6.07, 6.45) is 0. The van der Waals surface area contributed by atoms with Crippen molar-refractivity contribution in [1.82, 2.24) is 0 Å². The molecule has 2 rings (SSSR count). The third-order valence-corrected chi connectivity index (χ3v) is 5.70. The zero-order valence-electron chi connectivity index (χ0n) is 12.7. The van der Waals surface area contributed by atoms with Crippen molar-refractivity contribution in [1.29, 1.82) is 0 Å². The SMILES string of the molecule is C=C(OP(=O)(c1ccccc1)c1ccccc1)C(C)(C)C. The first-order chi connectivity index (χ1) is 9.84. The van der Waals surface area contributed by atoms with Gasteiger partial charge in [-0.15, -0.1) is 0 Å². The van der Waals surface area contributed by atoms with Gasteiger partial charge >= 0.3 is 7.37 Å². The molecule has 21 heavy (non-hydrogen) atoms. The van der Waals surface area contributed by atoms with E-state index in [-0.39, 0.29) is 5.41 Å². The second kappa shape index (κ2) is 5.91. The van der Waals surface area contributed by atoms with Gasteiger partial charge in [-0.3, -0.25) is 4.57 Å². The molecular weight excluding hydrogens is 279 g/mol. The van der Waals surface area contributed by atoms with E-state index in [1.165, 1.54) is 0 Å². The molecule has 0 aliphatic carbocycles. The minimum absolute atomic E-state index is 0.265. The molecule has 0 amide bonds. The lowest BCUT2D eigenvalue weighted by molar-refractivity contribution is 0.303. The van der Waals surface area contributed by atoms with Crippen LogP contribution in [0.2, 0.25) is 0 Å². The lowest BCUT2D eigenvalue weighted by atomic mass is 9.95. The summed E-state index contributed by atoms with van der Waals surface area (Å²) in [7, 11) is -3.18. The van der Waals surface area contributed by atoms with Crippen LogP contribution in [0, 0.1) is 5.41 Å². The van der Waals surface area contributed by atoms with E-state index in [1.54, 1.807) is 0 Å². The van der Waals surface area contributed by atoms with Crippen molar-refractivity contribution in [3.8, 4) is 0 Å². The molecule has 3 heteroatoms. The van der Waals surface area contributed by atoms with Crippen LogP contribution < -0.4 is 10.6 Å². The quantitative estimate of drug-likeness (QED) is 0.614. The first kappa shape index (κ1) is 15.6. The van der Waals surface area contributed by atoms with Crippen LogP contribution in [0.15, 0.2) is 73.0 Å². The van der Waals surface area contributed by atoms with Gasteiger partial charge in [0.15, 0.2) is 0 Å². The predicted octanol–water partition coefficient (Wildman–Crippen LogP) is 4.49. The molecule has 0 radical (unpaired) electrons. The van der Waals surface area contributed by atoms with E-state index in [2.05, 4.69) is 6.58 Å². The Kier molecular flexibility index (Phi) is 4.39. The maximum Gasteiger partial charge on any atom is 0.306 e. The average molecular weight is 300 g/mol. The second-order valence-electron chi connectivity index (χ2n) is 5.99. The first-order valence-corrected chi connectivity index (χ1v) is 8.57. The highest BCUT2D eigenvalue weighted by Crippen LogP contribution is 2.49. The highest BCUT2D eigenvalue weighted by atomic mass is 31.2. The Morgan fingerprint density at radius 2 is 1.29 bits per heavy atom. The summed E-state index contributed by atoms with van der Waals surface area (Å²) < 4.78 is 19.5. The monoisotopic (exact) mass is 300 g/mol. The van der Waals surface area contributed by atoms with Crippen molar-refractivity contribution >= 4 is 18.0 Å². The largest absolute Gasteiger partial charge is 0.441 e. The maximum absolute atomic E-state index is 13.6. The molecule has 2 aromatic rings. The smallest absolute Gasteiger partial charge is 0.306 e. The van der Waals surface area contributed by atoms with E-state index in [1.807, 2.05) is 81.4 Å². The Morgan fingerprint density at radius 1 is 0.905 bits per heavy atom. The van der Waals surface area contributed by atoms with E-state index < -0.39 is 7.37 Å². The topological polar surface area (TPSA) is 26.3 Å². The Bertz CT molecular complexity index is 611. The Morgan fingerprint density at radius 3 is 1.62 bits per heavy atom. The normalized spacial score (nSPS) is 12.0. The molecule has 2 aromatic carbocycles. The molecule has 0 spiro atoms. The number of hydrogen-bond acceptors (Lipinski definition) is 2. The lowest BCUT2D eigenvalue weighted by Crippen LogP contribution is -2.21. The van der Waals surface area contributed by atoms with Gasteiger partial charge in [-0.2, -0.15) is 0 Å². The molecule has 0 saturated carbocycles. The van der Waals surface area contributed by atoms with Crippen molar-refractivity contribution in [3.05, 3.63) is 73.0 Å². The van der Waals surface area contributed by atoms with E-state index in [4.69, 9.17) is 4.52 Å². The van der Waals surface area contributed by atoms with Gasteiger partial charge in [0.05, 0.1) is 10.6 Å². The van der Waals surface area contributed by atoms with Crippen molar-refractivity contribution in [2.24, 2.45) is 5.41 Å². The van der Waals surface area contributed by atoms with Gasteiger partial charge in [0.1, 0.15) is 5.76 Å². The maximum atomic E-state index is 13.6. The third kappa shape index (κ3) is 3.46. The Balaban J connectivity index is 2.51. The molecule has 0 N–H and O–H groups in total. The molecule has 0 bridgehead atoms. The van der Waals surface area contributed by atoms with Gasteiger partial charge in [-0.25, -0.2) is 0 Å². The molecule has 0 aliphatic rings. The van der Waals surface area contributed by atoms with Crippen molar-refractivity contribution in [2.75, 3.05) is 0 Å². The molecule has 0 atom stereocenters. The van der Waals surface area contributed by atoms with E-state index in [0.29, 0.717) is 16.4 Å². The highest BCUT2D eigenvalue weighted by Gasteiger charge is 2.32. The Labute approximate surface area is 126 Å². The van der Waals surface area contributed by atoms with Crippen molar-refractivity contribution < 1.29 is 9.09 Å². The van der Waals surface area contributed by atoms with Gasteiger partial charge in [0, 0.05) is 5.41 Å². The van der Waals surface area contributed by atoms with Gasteiger partial charge < -0.3 is 4.52 Å². The fourth-order valence-corrected chi connectivity index (χ4v) is 4.02. The van der Waals surface area contributed by atoms with Gasteiger partial charge in [-0.1, -0.05) is 63.7 Å². The molecular formula is C18H21O2P. The summed E-state index contributed by atoms with van der Waals surface area (Å²) in [5, 5.41) is 1.36. The van der Waals surface area contributed by atoms with Crippen LogP contribution in [0.1, 0.15) is 20.8 Å². The number of allylic oxidation sites excluding steroid dienone is 1. The summed E-state index contributed by atoms with van der Waals surface area (Å²) >= 11 is 0. The summed E-state index contributed by atoms with van der Waals surface area (Å²) in [5.41, 5.74) is -0.265. The molecule has 0 aromatic heterocycles. The number of rotatable bonds is 4.